The molecule has 0 spiro atoms. The summed E-state index contributed by atoms with van der Waals surface area (Å²) in [6.07, 6.45) is 5.67. The third-order valence-corrected chi connectivity index (χ3v) is 3.73. The van der Waals surface area contributed by atoms with Crippen LogP contribution in [0.2, 0.25) is 0 Å². The highest BCUT2D eigenvalue weighted by atomic mass is 35.5. The fraction of sp³-hybridized carbons (Fsp3) is 0.923. The maximum Gasteiger partial charge on any atom is 0.251 e. The number of nitrogens with one attached hydrogen (secondary N) is 1. The minimum absolute atomic E-state index is 0. The zero-order valence-electron chi connectivity index (χ0n) is 11.2. The Morgan fingerprint density at radius 1 is 1.33 bits per heavy atom. The van der Waals surface area contributed by atoms with Crippen LogP contribution < -0.4 is 5.32 Å². The number of rotatable bonds is 4. The molecule has 1 aliphatic heterocycles. The van der Waals surface area contributed by atoms with Gasteiger partial charge >= 0.3 is 0 Å². The Morgan fingerprint density at radius 3 is 2.50 bits per heavy atom. The topological polar surface area (TPSA) is 41.6 Å². The molecule has 106 valence electrons. The first-order valence-electron chi connectivity index (χ1n) is 6.96. The van der Waals surface area contributed by atoms with Gasteiger partial charge in [0.05, 0.1) is 6.10 Å². The van der Waals surface area contributed by atoms with Gasteiger partial charge in [0.15, 0.2) is 0 Å². The summed E-state index contributed by atoms with van der Waals surface area (Å²) in [4.78, 5) is 14.2. The molecule has 18 heavy (non-hydrogen) atoms. The zero-order valence-corrected chi connectivity index (χ0v) is 12.0. The number of hydrogen-bond donors (Lipinski definition) is 1. The lowest BCUT2D eigenvalue weighted by Gasteiger charge is -2.31. The largest absolute Gasteiger partial charge is 0.365 e. The average molecular weight is 277 g/mol. The second kappa shape index (κ2) is 7.97. The molecule has 4 nitrogen and oxygen atoms in total. The average Bonchev–Trinajstić information content (AvgIpc) is 2.89. The number of carbonyl (C=O) groups is 1. The van der Waals surface area contributed by atoms with Crippen LogP contribution in [0.4, 0.5) is 0 Å². The van der Waals surface area contributed by atoms with Crippen LogP contribution in [0.3, 0.4) is 0 Å². The van der Waals surface area contributed by atoms with Crippen molar-refractivity contribution in [3.8, 4) is 0 Å². The Morgan fingerprint density at radius 2 is 1.94 bits per heavy atom. The van der Waals surface area contributed by atoms with Crippen molar-refractivity contribution in [2.75, 3.05) is 26.2 Å². The van der Waals surface area contributed by atoms with Crippen LogP contribution >= 0.6 is 12.4 Å². The Labute approximate surface area is 116 Å². The van der Waals surface area contributed by atoms with E-state index in [1.54, 1.807) is 0 Å². The Kier molecular flexibility index (Phi) is 6.97. The van der Waals surface area contributed by atoms with Gasteiger partial charge in [0.1, 0.15) is 6.10 Å². The number of halogens is 1. The SMILES string of the molecule is CCC(OC1CCCC1)C(=O)N1CCNCC1.Cl. The van der Waals surface area contributed by atoms with Gasteiger partial charge in [-0.15, -0.1) is 12.4 Å². The molecule has 1 saturated carbocycles. The van der Waals surface area contributed by atoms with E-state index in [4.69, 9.17) is 4.74 Å². The van der Waals surface area contributed by atoms with Crippen molar-refractivity contribution in [3.05, 3.63) is 0 Å². The predicted octanol–water partition coefficient (Wildman–Crippen LogP) is 1.58. The number of ether oxygens (including phenoxy) is 1. The molecule has 5 heteroatoms. The molecule has 2 rings (SSSR count). The maximum absolute atomic E-state index is 12.3. The molecule has 2 aliphatic rings. The second-order valence-corrected chi connectivity index (χ2v) is 5.01. The third-order valence-electron chi connectivity index (χ3n) is 3.73. The fourth-order valence-electron chi connectivity index (χ4n) is 2.67. The van der Waals surface area contributed by atoms with Gasteiger partial charge in [-0.05, 0) is 19.3 Å². The van der Waals surface area contributed by atoms with Gasteiger partial charge < -0.3 is 15.0 Å². The predicted molar refractivity (Wildman–Crippen MR) is 74.1 cm³/mol. The van der Waals surface area contributed by atoms with Crippen molar-refractivity contribution in [2.45, 2.75) is 51.2 Å². The normalized spacial score (nSPS) is 22.6. The lowest BCUT2D eigenvalue weighted by Crippen LogP contribution is -2.50. The third kappa shape index (κ3) is 4.11. The molecule has 0 bridgehead atoms. The van der Waals surface area contributed by atoms with Gasteiger partial charge in [-0.2, -0.15) is 0 Å². The smallest absolute Gasteiger partial charge is 0.251 e. The molecule has 1 N–H and O–H groups in total. The molecular formula is C13H25ClN2O2. The van der Waals surface area contributed by atoms with E-state index in [-0.39, 0.29) is 24.4 Å². The summed E-state index contributed by atoms with van der Waals surface area (Å²) in [6.45, 7) is 5.50. The summed E-state index contributed by atoms with van der Waals surface area (Å²) in [5, 5.41) is 3.26. The van der Waals surface area contributed by atoms with Crippen LogP contribution in [0.25, 0.3) is 0 Å². The highest BCUT2D eigenvalue weighted by Crippen LogP contribution is 2.23. The zero-order chi connectivity index (χ0) is 12.1. The van der Waals surface area contributed by atoms with Gasteiger partial charge in [-0.3, -0.25) is 4.79 Å². The summed E-state index contributed by atoms with van der Waals surface area (Å²) in [6, 6.07) is 0. The van der Waals surface area contributed by atoms with E-state index in [0.717, 1.165) is 45.4 Å². The number of piperazine rings is 1. The molecule has 1 saturated heterocycles. The molecule has 1 aliphatic carbocycles. The molecule has 2 fully saturated rings. The van der Waals surface area contributed by atoms with Crippen LogP contribution in [0, 0.1) is 0 Å². The molecule has 1 heterocycles. The molecule has 1 unspecified atom stereocenters. The first-order valence-corrected chi connectivity index (χ1v) is 6.96. The number of nitrogens with zero attached hydrogens (tertiary/aromatic N) is 1. The van der Waals surface area contributed by atoms with Gasteiger partial charge in [0.2, 0.25) is 0 Å². The van der Waals surface area contributed by atoms with E-state index < -0.39 is 0 Å². The lowest BCUT2D eigenvalue weighted by atomic mass is 10.2. The van der Waals surface area contributed by atoms with Crippen molar-refractivity contribution in [3.63, 3.8) is 0 Å². The molecule has 0 radical (unpaired) electrons. The van der Waals surface area contributed by atoms with Crippen molar-refractivity contribution in [2.24, 2.45) is 0 Å². The maximum atomic E-state index is 12.3. The van der Waals surface area contributed by atoms with Crippen LogP contribution in [-0.4, -0.2) is 49.2 Å². The molecular weight excluding hydrogens is 252 g/mol. The van der Waals surface area contributed by atoms with Crippen LogP contribution in [0.15, 0.2) is 0 Å². The molecule has 1 amide bonds. The van der Waals surface area contributed by atoms with E-state index in [1.807, 2.05) is 11.8 Å². The first-order chi connectivity index (χ1) is 8.31. The minimum atomic E-state index is -0.212. The minimum Gasteiger partial charge on any atom is -0.365 e. The summed E-state index contributed by atoms with van der Waals surface area (Å²) in [5.41, 5.74) is 0. The van der Waals surface area contributed by atoms with E-state index >= 15 is 0 Å². The highest BCUT2D eigenvalue weighted by molar-refractivity contribution is 5.85. The summed E-state index contributed by atoms with van der Waals surface area (Å²) in [7, 11) is 0. The molecule has 0 aromatic heterocycles. The lowest BCUT2D eigenvalue weighted by molar-refractivity contribution is -0.148. The Hall–Kier alpha value is -0.320. The molecule has 0 aromatic rings. The van der Waals surface area contributed by atoms with E-state index in [1.165, 1.54) is 12.8 Å². The van der Waals surface area contributed by atoms with Crippen LogP contribution in [-0.2, 0) is 9.53 Å². The number of carbonyl (C=O) groups excluding carboxylic acids is 1. The fourth-order valence-corrected chi connectivity index (χ4v) is 2.67. The monoisotopic (exact) mass is 276 g/mol. The van der Waals surface area contributed by atoms with Crippen molar-refractivity contribution < 1.29 is 9.53 Å². The van der Waals surface area contributed by atoms with E-state index in [0.29, 0.717) is 6.10 Å². The molecule has 1 atom stereocenters. The van der Waals surface area contributed by atoms with Crippen molar-refractivity contribution in [1.29, 1.82) is 0 Å². The molecule has 0 aromatic carbocycles. The second-order valence-electron chi connectivity index (χ2n) is 5.01. The Bertz CT molecular complexity index is 251. The van der Waals surface area contributed by atoms with Crippen molar-refractivity contribution >= 4 is 18.3 Å². The van der Waals surface area contributed by atoms with Gasteiger partial charge in [0, 0.05) is 26.2 Å². The number of amides is 1. The summed E-state index contributed by atoms with van der Waals surface area (Å²) >= 11 is 0. The van der Waals surface area contributed by atoms with Gasteiger partial charge in [0.25, 0.3) is 5.91 Å². The summed E-state index contributed by atoms with van der Waals surface area (Å²) < 4.78 is 5.96. The number of hydrogen-bond acceptors (Lipinski definition) is 3. The van der Waals surface area contributed by atoms with Crippen LogP contribution in [0.5, 0.6) is 0 Å². The van der Waals surface area contributed by atoms with E-state index in [2.05, 4.69) is 5.32 Å². The van der Waals surface area contributed by atoms with Gasteiger partial charge in [-0.1, -0.05) is 19.8 Å². The standard InChI is InChI=1S/C13H24N2O2.ClH/c1-2-12(17-11-5-3-4-6-11)13(16)15-9-7-14-8-10-15;/h11-12,14H,2-10H2,1H3;1H. The highest BCUT2D eigenvalue weighted by Gasteiger charge is 2.28. The van der Waals surface area contributed by atoms with Gasteiger partial charge in [-0.25, -0.2) is 0 Å². The Balaban J connectivity index is 0.00000162. The van der Waals surface area contributed by atoms with Crippen LogP contribution in [0.1, 0.15) is 39.0 Å². The van der Waals surface area contributed by atoms with E-state index in [9.17, 15) is 4.79 Å². The summed E-state index contributed by atoms with van der Waals surface area (Å²) in [5.74, 6) is 0.195. The van der Waals surface area contributed by atoms with Crippen molar-refractivity contribution in [1.82, 2.24) is 10.2 Å². The first kappa shape index (κ1) is 15.7. The quantitative estimate of drug-likeness (QED) is 0.848.